The molecule has 0 aliphatic carbocycles. The third kappa shape index (κ3) is 4.06. The summed E-state index contributed by atoms with van der Waals surface area (Å²) in [6, 6.07) is 9.85. The van der Waals surface area contributed by atoms with Crippen LogP contribution in [0.3, 0.4) is 0 Å². The average molecular weight is 446 g/mol. The number of rotatable bonds is 5. The number of hydrogen-bond donors (Lipinski definition) is 1. The molecule has 2 aliphatic rings. The van der Waals surface area contributed by atoms with Gasteiger partial charge in [0.1, 0.15) is 11.6 Å². The number of carbonyl (C=O) groups is 1. The van der Waals surface area contributed by atoms with E-state index in [1.54, 1.807) is 35.5 Å². The van der Waals surface area contributed by atoms with Crippen LogP contribution in [0.15, 0.2) is 51.3 Å². The Bertz CT molecular complexity index is 1030. The van der Waals surface area contributed by atoms with E-state index in [1.165, 1.54) is 6.07 Å². The van der Waals surface area contributed by atoms with Crippen LogP contribution < -0.4 is 5.73 Å². The van der Waals surface area contributed by atoms with Crippen LogP contribution in [0, 0.1) is 11.6 Å². The SMILES string of the molecule is C[C@H]1C[C@@](C(N)=O)(c2cccc(Sc3ccc(C4CC=NN4C)cc3F)c2F)CCO1. The van der Waals surface area contributed by atoms with Crippen molar-refractivity contribution in [3.8, 4) is 0 Å². The van der Waals surface area contributed by atoms with Gasteiger partial charge in [-0.05, 0) is 43.5 Å². The zero-order valence-corrected chi connectivity index (χ0v) is 18.3. The summed E-state index contributed by atoms with van der Waals surface area (Å²) in [6.45, 7) is 2.17. The lowest BCUT2D eigenvalue weighted by Gasteiger charge is -2.38. The molecule has 2 aromatic rings. The molecule has 2 aromatic carbocycles. The molecule has 1 saturated heterocycles. The Hall–Kier alpha value is -2.45. The molecule has 1 fully saturated rings. The summed E-state index contributed by atoms with van der Waals surface area (Å²) in [7, 11) is 1.85. The van der Waals surface area contributed by atoms with Gasteiger partial charge < -0.3 is 10.5 Å². The van der Waals surface area contributed by atoms with Gasteiger partial charge in [-0.1, -0.05) is 30.0 Å². The van der Waals surface area contributed by atoms with Crippen molar-refractivity contribution in [2.75, 3.05) is 13.7 Å². The maximum Gasteiger partial charge on any atom is 0.228 e. The Kier molecular flexibility index (Phi) is 6.03. The molecular formula is C23H25F2N3O2S. The van der Waals surface area contributed by atoms with E-state index >= 15 is 4.39 Å². The standard InChI is InChI=1S/C23H25F2N3O2S/c1-14-13-23(22(26)29,9-11-30-14)16-4-3-5-20(21(16)25)31-19-7-6-15(12-17(19)24)18-8-10-27-28(18)2/h3-7,10,12,14,18H,8-9,11,13H2,1-2H3,(H2,26,29)/t14-,18?,23+/m0/s1. The molecule has 8 heteroatoms. The van der Waals surface area contributed by atoms with Crippen molar-refractivity contribution in [2.45, 2.75) is 53.5 Å². The van der Waals surface area contributed by atoms with Gasteiger partial charge in [-0.2, -0.15) is 5.10 Å². The number of amides is 1. The van der Waals surface area contributed by atoms with Crippen molar-refractivity contribution in [3.05, 3.63) is 59.2 Å². The van der Waals surface area contributed by atoms with Gasteiger partial charge in [-0.3, -0.25) is 9.80 Å². The van der Waals surface area contributed by atoms with Gasteiger partial charge in [-0.25, -0.2) is 8.78 Å². The maximum atomic E-state index is 15.6. The highest BCUT2D eigenvalue weighted by molar-refractivity contribution is 7.99. The van der Waals surface area contributed by atoms with E-state index in [1.807, 2.05) is 20.0 Å². The molecule has 1 unspecified atom stereocenters. The second-order valence-corrected chi connectivity index (χ2v) is 9.20. The van der Waals surface area contributed by atoms with Gasteiger partial charge in [0.15, 0.2) is 0 Å². The topological polar surface area (TPSA) is 67.9 Å². The number of hydrazone groups is 1. The van der Waals surface area contributed by atoms with Gasteiger partial charge in [0.05, 0.1) is 17.6 Å². The molecule has 0 bridgehead atoms. The summed E-state index contributed by atoms with van der Waals surface area (Å²) < 4.78 is 36.0. The monoisotopic (exact) mass is 445 g/mol. The Morgan fingerprint density at radius 3 is 2.74 bits per heavy atom. The predicted octanol–water partition coefficient (Wildman–Crippen LogP) is 4.40. The number of hydrogen-bond acceptors (Lipinski definition) is 5. The number of carbonyl (C=O) groups excluding carboxylic acids is 1. The maximum absolute atomic E-state index is 15.6. The third-order valence-electron chi connectivity index (χ3n) is 6.12. The van der Waals surface area contributed by atoms with Crippen molar-refractivity contribution in [2.24, 2.45) is 10.8 Å². The molecular weight excluding hydrogens is 420 g/mol. The molecule has 0 saturated carbocycles. The Morgan fingerprint density at radius 2 is 2.10 bits per heavy atom. The Labute approximate surface area is 184 Å². The van der Waals surface area contributed by atoms with Crippen molar-refractivity contribution in [1.82, 2.24) is 5.01 Å². The minimum absolute atomic E-state index is 0.000418. The van der Waals surface area contributed by atoms with Crippen LogP contribution in [0.2, 0.25) is 0 Å². The average Bonchev–Trinajstić information content (AvgIpc) is 3.16. The zero-order chi connectivity index (χ0) is 22.2. The highest BCUT2D eigenvalue weighted by atomic mass is 32.2. The van der Waals surface area contributed by atoms with Gasteiger partial charge in [0, 0.05) is 41.6 Å². The fourth-order valence-electron chi connectivity index (χ4n) is 4.43. The molecule has 2 N–H and O–H groups in total. The van der Waals surface area contributed by atoms with Crippen molar-refractivity contribution >= 4 is 23.9 Å². The number of primary amides is 1. The van der Waals surface area contributed by atoms with Crippen LogP contribution in [0.25, 0.3) is 0 Å². The summed E-state index contributed by atoms with van der Waals surface area (Å²) >= 11 is 1.00. The van der Waals surface area contributed by atoms with Crippen LogP contribution in [-0.4, -0.2) is 36.9 Å². The van der Waals surface area contributed by atoms with Crippen molar-refractivity contribution in [3.63, 3.8) is 0 Å². The summed E-state index contributed by atoms with van der Waals surface area (Å²) in [5.74, 6) is -1.52. The normalized spacial score (nSPS) is 25.7. The number of nitrogens with two attached hydrogens (primary N) is 1. The van der Waals surface area contributed by atoms with E-state index in [0.29, 0.717) is 24.3 Å². The highest BCUT2D eigenvalue weighted by Gasteiger charge is 2.44. The molecule has 31 heavy (non-hydrogen) atoms. The minimum Gasteiger partial charge on any atom is -0.378 e. The molecule has 164 valence electrons. The predicted molar refractivity (Wildman–Crippen MR) is 116 cm³/mol. The lowest BCUT2D eigenvalue weighted by atomic mass is 9.71. The molecule has 5 nitrogen and oxygen atoms in total. The number of benzene rings is 2. The summed E-state index contributed by atoms with van der Waals surface area (Å²) in [5, 5.41) is 5.98. The second kappa shape index (κ2) is 8.59. The first-order valence-electron chi connectivity index (χ1n) is 10.2. The van der Waals surface area contributed by atoms with Gasteiger partial charge in [0.2, 0.25) is 5.91 Å². The van der Waals surface area contributed by atoms with Crippen LogP contribution in [0.1, 0.15) is 43.4 Å². The summed E-state index contributed by atoms with van der Waals surface area (Å²) in [6.07, 6.45) is 2.94. The molecule has 2 aliphatic heterocycles. The quantitative estimate of drug-likeness (QED) is 0.741. The third-order valence-corrected chi connectivity index (χ3v) is 7.21. The van der Waals surface area contributed by atoms with Gasteiger partial charge in [-0.15, -0.1) is 0 Å². The van der Waals surface area contributed by atoms with Crippen molar-refractivity contribution in [1.29, 1.82) is 0 Å². The smallest absolute Gasteiger partial charge is 0.228 e. The second-order valence-electron chi connectivity index (χ2n) is 8.11. The molecule has 0 radical (unpaired) electrons. The van der Waals surface area contributed by atoms with E-state index in [9.17, 15) is 9.18 Å². The summed E-state index contributed by atoms with van der Waals surface area (Å²) in [5.41, 5.74) is 5.68. The first-order chi connectivity index (χ1) is 14.8. The summed E-state index contributed by atoms with van der Waals surface area (Å²) in [4.78, 5) is 13.0. The fourth-order valence-corrected chi connectivity index (χ4v) is 5.31. The van der Waals surface area contributed by atoms with Gasteiger partial charge >= 0.3 is 0 Å². The number of ether oxygens (including phenoxy) is 1. The minimum atomic E-state index is -1.13. The van der Waals surface area contributed by atoms with E-state index < -0.39 is 23.0 Å². The zero-order valence-electron chi connectivity index (χ0n) is 17.5. The lowest BCUT2D eigenvalue weighted by molar-refractivity contribution is -0.129. The van der Waals surface area contributed by atoms with Crippen molar-refractivity contribution < 1.29 is 18.3 Å². The van der Waals surface area contributed by atoms with Crippen LogP contribution in [-0.2, 0) is 14.9 Å². The van der Waals surface area contributed by atoms with Crippen LogP contribution in [0.4, 0.5) is 8.78 Å². The highest BCUT2D eigenvalue weighted by Crippen LogP contribution is 2.42. The van der Waals surface area contributed by atoms with Crippen LogP contribution >= 0.6 is 11.8 Å². The fraction of sp³-hybridized carbons (Fsp3) is 0.391. The van der Waals surface area contributed by atoms with Crippen LogP contribution in [0.5, 0.6) is 0 Å². The molecule has 1 amide bonds. The largest absolute Gasteiger partial charge is 0.378 e. The van der Waals surface area contributed by atoms with E-state index in [0.717, 1.165) is 23.7 Å². The number of halogens is 2. The Morgan fingerprint density at radius 1 is 1.29 bits per heavy atom. The van der Waals surface area contributed by atoms with E-state index in [-0.39, 0.29) is 22.6 Å². The van der Waals surface area contributed by atoms with E-state index in [2.05, 4.69) is 5.10 Å². The molecule has 2 heterocycles. The first kappa shape index (κ1) is 21.8. The molecule has 0 spiro atoms. The Balaban J connectivity index is 1.64. The lowest BCUT2D eigenvalue weighted by Crippen LogP contribution is -2.48. The molecule has 0 aromatic heterocycles. The van der Waals surface area contributed by atoms with Gasteiger partial charge in [0.25, 0.3) is 0 Å². The molecule has 4 rings (SSSR count). The van der Waals surface area contributed by atoms with E-state index in [4.69, 9.17) is 10.5 Å². The number of nitrogens with zero attached hydrogens (tertiary/aromatic N) is 2. The first-order valence-corrected chi connectivity index (χ1v) is 11.1. The molecule has 3 atom stereocenters.